The minimum absolute atomic E-state index is 0.00968. The number of Topliss-reactive ketones (excluding diaryl/α,β-unsaturated/α-hetero) is 2. The molecule has 320 valence electrons. The minimum Gasteiger partial charge on any atom is -0.493 e. The summed E-state index contributed by atoms with van der Waals surface area (Å²) in [5.74, 6) is 1.29. The summed E-state index contributed by atoms with van der Waals surface area (Å²) in [5, 5.41) is 2.85. The number of nitrogens with one attached hydrogen (secondary N) is 1. The number of hydrogen-bond acceptors (Lipinski definition) is 10. The van der Waals surface area contributed by atoms with Crippen molar-refractivity contribution in [2.75, 3.05) is 45.1 Å². The summed E-state index contributed by atoms with van der Waals surface area (Å²) < 4.78 is 35.7. The third-order valence-corrected chi connectivity index (χ3v) is 16.2. The van der Waals surface area contributed by atoms with Crippen LogP contribution in [0.1, 0.15) is 114 Å². The Bertz CT molecular complexity index is 1840. The van der Waals surface area contributed by atoms with E-state index in [2.05, 4.69) is 59.3 Å². The highest BCUT2D eigenvalue weighted by Crippen LogP contribution is 2.44. The largest absolute Gasteiger partial charge is 0.493 e. The average Bonchev–Trinajstić information content (AvgIpc) is 3.68. The normalized spacial score (nSPS) is 19.8. The molecule has 0 radical (unpaired) electrons. The fourth-order valence-corrected chi connectivity index (χ4v) is 8.45. The molecule has 1 amide bonds. The lowest BCUT2D eigenvalue weighted by atomic mass is 9.88. The van der Waals surface area contributed by atoms with Gasteiger partial charge in [-0.05, 0) is 108 Å². The predicted molar refractivity (Wildman–Crippen MR) is 233 cm³/mol. The lowest BCUT2D eigenvalue weighted by Crippen LogP contribution is -2.42. The van der Waals surface area contributed by atoms with Gasteiger partial charge in [0, 0.05) is 47.4 Å². The van der Waals surface area contributed by atoms with Gasteiger partial charge in [0.1, 0.15) is 5.60 Å². The van der Waals surface area contributed by atoms with Gasteiger partial charge in [-0.15, -0.1) is 0 Å². The number of ether oxygens (including phenoxy) is 5. The van der Waals surface area contributed by atoms with E-state index < -0.39 is 20.0 Å². The second-order valence-corrected chi connectivity index (χ2v) is 23.4. The summed E-state index contributed by atoms with van der Waals surface area (Å²) in [6.45, 7) is 28.0. The highest BCUT2D eigenvalue weighted by atomic mass is 28.4. The van der Waals surface area contributed by atoms with Crippen LogP contribution >= 0.6 is 0 Å². The Morgan fingerprint density at radius 1 is 0.759 bits per heavy atom. The number of unbranched alkanes of at least 4 members (excludes halogenated alkanes) is 2. The van der Waals surface area contributed by atoms with Gasteiger partial charge in [0.05, 0.1) is 33.1 Å². The summed E-state index contributed by atoms with van der Waals surface area (Å²) in [7, 11) is 1.02. The molecule has 0 heterocycles. The molecule has 2 aromatic rings. The lowest BCUT2D eigenvalue weighted by molar-refractivity contribution is 0.0635. The number of nitrogen functional groups attached to an aromatic ring is 1. The van der Waals surface area contributed by atoms with Crippen molar-refractivity contribution in [3.05, 3.63) is 59.7 Å². The Kier molecular flexibility index (Phi) is 15.3. The van der Waals surface area contributed by atoms with Gasteiger partial charge in [0.15, 0.2) is 42.9 Å². The zero-order valence-corrected chi connectivity index (χ0v) is 37.9. The Morgan fingerprint density at radius 3 is 1.83 bits per heavy atom. The van der Waals surface area contributed by atoms with E-state index in [9.17, 15) is 14.4 Å². The summed E-state index contributed by atoms with van der Waals surface area (Å²) >= 11 is 0. The smallest absolute Gasteiger partial charge is 0.412 e. The zero-order chi connectivity index (χ0) is 43.2. The number of hydrogen-bond donors (Lipinski definition) is 2. The first-order valence-corrected chi connectivity index (χ1v) is 23.5. The van der Waals surface area contributed by atoms with Crippen molar-refractivity contribution in [3.8, 4) is 23.0 Å². The van der Waals surface area contributed by atoms with Crippen molar-refractivity contribution in [1.29, 1.82) is 0 Å². The van der Waals surface area contributed by atoms with Crippen LogP contribution in [0, 0.1) is 23.7 Å². The van der Waals surface area contributed by atoms with E-state index in [0.717, 1.165) is 30.4 Å². The van der Waals surface area contributed by atoms with E-state index in [-0.39, 0.29) is 46.0 Å². The molecule has 0 saturated heterocycles. The molecular formula is C46H68N2O9Si. The molecule has 58 heavy (non-hydrogen) atoms. The maximum absolute atomic E-state index is 14.4. The number of amides is 1. The first-order chi connectivity index (χ1) is 27.0. The van der Waals surface area contributed by atoms with E-state index in [1.54, 1.807) is 52.1 Å². The van der Waals surface area contributed by atoms with E-state index in [1.807, 2.05) is 0 Å². The number of carbonyl (C=O) groups excluding carboxylic acids is 3. The standard InChI is InChI=1S/C46H68N2O9Si/c1-28-19-30(3)32(21-28)42(49)34-23-38(52-10)40(25-36(34)47)54-17-15-14-16-18-55-41-26-37(48-44(51)57-45(4,5)6)35(24-39(41)53-11)43(50)33-22-29(2)20-31(33)27-56-58(12,13)46(7,8)9/h23-26,30-33H,1-2,14-22,27,47H2,3-13H3,(H,48,51)/t30-,31+,32?,33?/m1/s1. The lowest BCUT2D eigenvalue weighted by Gasteiger charge is -2.37. The fraction of sp³-hybridized carbons (Fsp3) is 0.587. The predicted octanol–water partition coefficient (Wildman–Crippen LogP) is 10.8. The van der Waals surface area contributed by atoms with Crippen molar-refractivity contribution in [2.45, 2.75) is 117 Å². The van der Waals surface area contributed by atoms with Crippen molar-refractivity contribution in [1.82, 2.24) is 0 Å². The van der Waals surface area contributed by atoms with E-state index in [0.29, 0.717) is 85.3 Å². The van der Waals surface area contributed by atoms with E-state index in [1.165, 1.54) is 7.11 Å². The summed E-state index contributed by atoms with van der Waals surface area (Å²) in [5.41, 5.74) is 9.13. The van der Waals surface area contributed by atoms with Gasteiger partial charge in [-0.2, -0.15) is 0 Å². The number of allylic oxidation sites excluding steroid dienone is 2. The van der Waals surface area contributed by atoms with E-state index in [4.69, 9.17) is 33.8 Å². The number of anilines is 2. The van der Waals surface area contributed by atoms with Gasteiger partial charge in [-0.3, -0.25) is 14.9 Å². The van der Waals surface area contributed by atoms with Gasteiger partial charge >= 0.3 is 6.09 Å². The molecule has 0 bridgehead atoms. The first kappa shape index (κ1) is 46.4. The molecule has 0 aliphatic heterocycles. The van der Waals surface area contributed by atoms with Crippen LogP contribution in [0.4, 0.5) is 16.2 Å². The third kappa shape index (κ3) is 11.9. The number of methoxy groups -OCH3 is 2. The number of rotatable bonds is 18. The molecule has 11 nitrogen and oxygen atoms in total. The van der Waals surface area contributed by atoms with Crippen molar-refractivity contribution >= 4 is 37.4 Å². The first-order valence-electron chi connectivity index (χ1n) is 20.6. The molecule has 4 rings (SSSR count). The third-order valence-electron chi connectivity index (χ3n) is 11.7. The molecule has 2 aliphatic rings. The van der Waals surface area contributed by atoms with Crippen LogP contribution in [-0.4, -0.2) is 65.6 Å². The van der Waals surface area contributed by atoms with Crippen LogP contribution in [0.25, 0.3) is 0 Å². The maximum Gasteiger partial charge on any atom is 0.412 e. The molecule has 2 unspecified atom stereocenters. The number of nitrogens with two attached hydrogens (primary N) is 1. The quantitative estimate of drug-likeness (QED) is 0.0490. The van der Waals surface area contributed by atoms with Crippen LogP contribution < -0.4 is 30.0 Å². The minimum atomic E-state index is -2.05. The molecule has 2 aromatic carbocycles. The Balaban J connectivity index is 1.42. The highest BCUT2D eigenvalue weighted by Gasteiger charge is 2.42. The maximum atomic E-state index is 14.4. The molecule has 12 heteroatoms. The molecule has 2 saturated carbocycles. The molecule has 0 aromatic heterocycles. The Labute approximate surface area is 347 Å². The van der Waals surface area contributed by atoms with Crippen LogP contribution in [0.5, 0.6) is 23.0 Å². The van der Waals surface area contributed by atoms with Crippen LogP contribution in [0.2, 0.25) is 18.1 Å². The van der Waals surface area contributed by atoms with Crippen LogP contribution in [0.3, 0.4) is 0 Å². The van der Waals surface area contributed by atoms with Gasteiger partial charge in [0.25, 0.3) is 0 Å². The summed E-state index contributed by atoms with van der Waals surface area (Å²) in [4.78, 5) is 40.8. The summed E-state index contributed by atoms with van der Waals surface area (Å²) in [6.07, 6.45) is 4.29. The zero-order valence-electron chi connectivity index (χ0n) is 36.9. The van der Waals surface area contributed by atoms with Crippen molar-refractivity contribution in [2.24, 2.45) is 23.7 Å². The Morgan fingerprint density at radius 2 is 1.29 bits per heavy atom. The summed E-state index contributed by atoms with van der Waals surface area (Å²) in [6, 6.07) is 6.63. The second kappa shape index (κ2) is 19.2. The fourth-order valence-electron chi connectivity index (χ4n) is 7.39. The second-order valence-electron chi connectivity index (χ2n) is 18.6. The molecule has 2 aliphatic carbocycles. The SMILES string of the molecule is C=C1CC(C(=O)c2cc(OC)c(OCCCCCOc3cc(N)c(C(=O)C4CC(=C)C[C@H]4C)cc3OC)cc2NC(=O)OC(C)(C)C)[C@H](CO[Si](C)(C)C(C)(C)C)C1. The van der Waals surface area contributed by atoms with Crippen LogP contribution in [0.15, 0.2) is 48.6 Å². The van der Waals surface area contributed by atoms with Gasteiger partial charge in [-0.25, -0.2) is 4.79 Å². The molecule has 3 N–H and O–H groups in total. The molecule has 2 fully saturated rings. The average molecular weight is 821 g/mol. The highest BCUT2D eigenvalue weighted by molar-refractivity contribution is 6.74. The van der Waals surface area contributed by atoms with Crippen molar-refractivity contribution < 1.29 is 42.5 Å². The van der Waals surface area contributed by atoms with Gasteiger partial charge in [0.2, 0.25) is 0 Å². The monoisotopic (exact) mass is 820 g/mol. The number of ketones is 2. The van der Waals surface area contributed by atoms with Crippen LogP contribution in [-0.2, 0) is 9.16 Å². The number of benzene rings is 2. The molecular weight excluding hydrogens is 753 g/mol. The molecule has 0 spiro atoms. The van der Waals surface area contributed by atoms with Gasteiger partial charge < -0.3 is 33.8 Å². The number of carbonyl (C=O) groups is 3. The molecule has 4 atom stereocenters. The topological polar surface area (TPSA) is 145 Å². The van der Waals surface area contributed by atoms with Gasteiger partial charge in [-0.1, -0.05) is 52.0 Å². The van der Waals surface area contributed by atoms with E-state index >= 15 is 0 Å². The Hall–Kier alpha value is -4.29. The van der Waals surface area contributed by atoms with Crippen molar-refractivity contribution in [3.63, 3.8) is 0 Å².